The van der Waals surface area contributed by atoms with E-state index in [0.717, 1.165) is 29.3 Å². The van der Waals surface area contributed by atoms with Crippen molar-refractivity contribution in [3.63, 3.8) is 0 Å². The summed E-state index contributed by atoms with van der Waals surface area (Å²) in [4.78, 5) is 13.7. The van der Waals surface area contributed by atoms with Crippen molar-refractivity contribution in [2.75, 3.05) is 19.7 Å². The van der Waals surface area contributed by atoms with Gasteiger partial charge in [0.1, 0.15) is 11.8 Å². The van der Waals surface area contributed by atoms with Crippen LogP contribution in [0.25, 0.3) is 16.5 Å². The Labute approximate surface area is 147 Å². The second-order valence-electron chi connectivity index (χ2n) is 6.16. The number of allylic oxidation sites excluding steroid dienone is 1. The predicted molar refractivity (Wildman–Crippen MR) is 95.7 cm³/mol. The monoisotopic (exact) mass is 338 g/mol. The molecule has 3 rings (SSSR count). The number of hydrogen-bond acceptors (Lipinski definition) is 4. The smallest absolute Gasteiger partial charge is 0.409 e. The number of carbonyl (C=O) groups excluding carboxylic acids is 1. The summed E-state index contributed by atoms with van der Waals surface area (Å²) in [6.45, 7) is 3.69. The van der Waals surface area contributed by atoms with Crippen molar-refractivity contribution in [2.45, 2.75) is 32.6 Å². The van der Waals surface area contributed by atoms with E-state index >= 15 is 0 Å². The number of amides is 1. The average molecular weight is 338 g/mol. The van der Waals surface area contributed by atoms with Gasteiger partial charge in [0, 0.05) is 18.5 Å². The van der Waals surface area contributed by atoms with Gasteiger partial charge in [-0.1, -0.05) is 31.5 Å². The summed E-state index contributed by atoms with van der Waals surface area (Å²) in [5.41, 5.74) is 3.30. The Morgan fingerprint density at radius 2 is 2.12 bits per heavy atom. The maximum atomic E-state index is 12.0. The number of aromatic amines is 1. The summed E-state index contributed by atoms with van der Waals surface area (Å²) in [6, 6.07) is 10.1. The van der Waals surface area contributed by atoms with Gasteiger partial charge in [0.25, 0.3) is 0 Å². The molecule has 1 amide bonds. The molecule has 0 unspecified atom stereocenters. The molecule has 0 spiro atoms. The highest BCUT2D eigenvalue weighted by molar-refractivity contribution is 5.94. The van der Waals surface area contributed by atoms with Crippen LogP contribution < -0.4 is 0 Å². The number of nitrogens with zero attached hydrogens (tertiary/aromatic N) is 3. The van der Waals surface area contributed by atoms with Gasteiger partial charge in [-0.05, 0) is 30.9 Å². The van der Waals surface area contributed by atoms with E-state index in [1.165, 1.54) is 0 Å². The molecule has 1 saturated heterocycles. The first kappa shape index (κ1) is 17.0. The molecular weight excluding hydrogens is 316 g/mol. The standard InChI is InChI=1S/C19H22N4O2/c1-2-3-12-25-19(24)23-10-8-14(9-11-23)16(13-20)18-15-6-4-5-7-17(15)21-22-18/h4-7H,2-3,8-12H2,1H3,(H,21,22). The summed E-state index contributed by atoms with van der Waals surface area (Å²) in [5.74, 6) is 0. The van der Waals surface area contributed by atoms with Crippen molar-refractivity contribution < 1.29 is 9.53 Å². The molecule has 130 valence electrons. The highest BCUT2D eigenvalue weighted by Crippen LogP contribution is 2.29. The van der Waals surface area contributed by atoms with Crippen LogP contribution in [0.1, 0.15) is 38.3 Å². The van der Waals surface area contributed by atoms with Crippen molar-refractivity contribution in [2.24, 2.45) is 0 Å². The summed E-state index contributed by atoms with van der Waals surface area (Å²) in [6.07, 6.45) is 2.98. The lowest BCUT2D eigenvalue weighted by Gasteiger charge is -2.28. The van der Waals surface area contributed by atoms with Gasteiger partial charge in [0.2, 0.25) is 0 Å². The van der Waals surface area contributed by atoms with Crippen molar-refractivity contribution in [1.29, 1.82) is 5.26 Å². The SMILES string of the molecule is CCCCOC(=O)N1CCC(=C(C#N)c2n[nH]c3ccccc23)CC1. The van der Waals surface area contributed by atoms with Crippen molar-refractivity contribution >= 4 is 22.6 Å². The summed E-state index contributed by atoms with van der Waals surface area (Å²) in [7, 11) is 0. The van der Waals surface area contributed by atoms with Crippen molar-refractivity contribution in [1.82, 2.24) is 15.1 Å². The summed E-state index contributed by atoms with van der Waals surface area (Å²) < 4.78 is 5.26. The molecule has 1 aromatic heterocycles. The Balaban J connectivity index is 1.73. The molecule has 0 atom stereocenters. The molecule has 0 radical (unpaired) electrons. The molecular formula is C19H22N4O2. The first-order chi connectivity index (χ1) is 12.2. The number of para-hydroxylation sites is 1. The van der Waals surface area contributed by atoms with E-state index in [2.05, 4.69) is 23.2 Å². The number of nitrogens with one attached hydrogen (secondary N) is 1. The predicted octanol–water partition coefficient (Wildman–Crippen LogP) is 3.87. The Bertz CT molecular complexity index is 821. The Morgan fingerprint density at radius 3 is 2.84 bits per heavy atom. The van der Waals surface area contributed by atoms with Crippen molar-refractivity contribution in [3.8, 4) is 6.07 Å². The third-order valence-corrected chi connectivity index (χ3v) is 4.52. The van der Waals surface area contributed by atoms with Crippen LogP contribution in [0.2, 0.25) is 0 Å². The van der Waals surface area contributed by atoms with Crippen LogP contribution in [-0.4, -0.2) is 40.9 Å². The number of hydrogen-bond donors (Lipinski definition) is 1. The number of aromatic nitrogens is 2. The molecule has 2 heterocycles. The van der Waals surface area contributed by atoms with E-state index in [1.54, 1.807) is 4.90 Å². The van der Waals surface area contributed by atoms with Gasteiger partial charge >= 0.3 is 6.09 Å². The highest BCUT2D eigenvalue weighted by Gasteiger charge is 2.23. The van der Waals surface area contributed by atoms with E-state index in [9.17, 15) is 10.1 Å². The third kappa shape index (κ3) is 3.66. The molecule has 6 heteroatoms. The lowest BCUT2D eigenvalue weighted by atomic mass is 9.95. The highest BCUT2D eigenvalue weighted by atomic mass is 16.6. The van der Waals surface area contributed by atoms with E-state index < -0.39 is 0 Å². The average Bonchev–Trinajstić information content (AvgIpc) is 3.07. The number of ether oxygens (including phenoxy) is 1. The maximum absolute atomic E-state index is 12.0. The zero-order valence-corrected chi connectivity index (χ0v) is 14.4. The molecule has 1 aromatic carbocycles. The second kappa shape index (κ2) is 7.84. The summed E-state index contributed by atoms with van der Waals surface area (Å²) >= 11 is 0. The second-order valence-corrected chi connectivity index (χ2v) is 6.16. The molecule has 2 aromatic rings. The van der Waals surface area contributed by atoms with E-state index in [4.69, 9.17) is 4.74 Å². The number of likely N-dealkylation sites (tertiary alicyclic amines) is 1. The first-order valence-electron chi connectivity index (χ1n) is 8.72. The number of unbranched alkanes of at least 4 members (excludes halogenated alkanes) is 1. The number of carbonyl (C=O) groups is 1. The Kier molecular flexibility index (Phi) is 5.34. The number of piperidine rings is 1. The first-order valence-corrected chi connectivity index (χ1v) is 8.72. The molecule has 1 N–H and O–H groups in total. The fourth-order valence-electron chi connectivity index (χ4n) is 3.06. The minimum absolute atomic E-state index is 0.253. The quantitative estimate of drug-likeness (QED) is 0.677. The fourth-order valence-corrected chi connectivity index (χ4v) is 3.06. The number of benzene rings is 1. The van der Waals surface area contributed by atoms with Crippen LogP contribution in [0.3, 0.4) is 0 Å². The number of rotatable bonds is 4. The molecule has 0 aliphatic carbocycles. The molecule has 1 fully saturated rings. The van der Waals surface area contributed by atoms with Crippen LogP contribution in [0.15, 0.2) is 29.8 Å². The fraction of sp³-hybridized carbons (Fsp3) is 0.421. The molecule has 25 heavy (non-hydrogen) atoms. The third-order valence-electron chi connectivity index (χ3n) is 4.52. The molecule has 1 aliphatic heterocycles. The number of nitriles is 1. The van der Waals surface area contributed by atoms with Crippen LogP contribution in [-0.2, 0) is 4.74 Å². The molecule has 1 aliphatic rings. The van der Waals surface area contributed by atoms with E-state index in [-0.39, 0.29) is 6.09 Å². The number of H-pyrrole nitrogens is 1. The van der Waals surface area contributed by atoms with Gasteiger partial charge in [-0.25, -0.2) is 4.79 Å². The van der Waals surface area contributed by atoms with Crippen LogP contribution in [0.4, 0.5) is 4.79 Å². The van der Waals surface area contributed by atoms with E-state index in [0.29, 0.717) is 43.8 Å². The van der Waals surface area contributed by atoms with Crippen LogP contribution >= 0.6 is 0 Å². The van der Waals surface area contributed by atoms with E-state index in [1.807, 2.05) is 24.3 Å². The van der Waals surface area contributed by atoms with Gasteiger partial charge in [-0.15, -0.1) is 0 Å². The topological polar surface area (TPSA) is 82.0 Å². The van der Waals surface area contributed by atoms with Crippen molar-refractivity contribution in [3.05, 3.63) is 35.5 Å². The van der Waals surface area contributed by atoms with Gasteiger partial charge in [0.15, 0.2) is 0 Å². The van der Waals surface area contributed by atoms with Gasteiger partial charge in [-0.2, -0.15) is 10.4 Å². The molecule has 6 nitrogen and oxygen atoms in total. The van der Waals surface area contributed by atoms with Crippen LogP contribution in [0, 0.1) is 11.3 Å². The lowest BCUT2D eigenvalue weighted by molar-refractivity contribution is 0.0984. The zero-order chi connectivity index (χ0) is 17.6. The molecule has 0 bridgehead atoms. The van der Waals surface area contributed by atoms with Gasteiger partial charge in [0.05, 0.1) is 17.7 Å². The maximum Gasteiger partial charge on any atom is 0.409 e. The zero-order valence-electron chi connectivity index (χ0n) is 14.4. The Hall–Kier alpha value is -2.81. The lowest BCUT2D eigenvalue weighted by Crippen LogP contribution is -2.37. The normalized spacial score (nSPS) is 14.4. The molecule has 0 saturated carbocycles. The largest absolute Gasteiger partial charge is 0.449 e. The minimum atomic E-state index is -0.253. The summed E-state index contributed by atoms with van der Waals surface area (Å²) in [5, 5.41) is 17.9. The van der Waals surface area contributed by atoms with Gasteiger partial charge < -0.3 is 9.64 Å². The Morgan fingerprint density at radius 1 is 1.36 bits per heavy atom. The van der Waals surface area contributed by atoms with Crippen LogP contribution in [0.5, 0.6) is 0 Å². The van der Waals surface area contributed by atoms with Gasteiger partial charge in [-0.3, -0.25) is 5.10 Å². The minimum Gasteiger partial charge on any atom is -0.449 e. The number of fused-ring (bicyclic) bond motifs is 1.